The fourth-order valence-electron chi connectivity index (χ4n) is 3.03. The summed E-state index contributed by atoms with van der Waals surface area (Å²) in [6, 6.07) is 2.97. The van der Waals surface area contributed by atoms with Crippen LogP contribution in [-0.2, 0) is 16.1 Å². The van der Waals surface area contributed by atoms with Gasteiger partial charge in [0.1, 0.15) is 17.9 Å². The summed E-state index contributed by atoms with van der Waals surface area (Å²) in [5, 5.41) is 8.03. The molecular formula is C20H16Cl2N4O4. The minimum Gasteiger partial charge on any atom is -0.415 e. The molecule has 2 aromatic rings. The number of carbonyl (C=O) groups excluding carboxylic acids is 2. The molecule has 0 aliphatic heterocycles. The first-order chi connectivity index (χ1) is 14.4. The van der Waals surface area contributed by atoms with Crippen LogP contribution in [-0.4, -0.2) is 31.4 Å². The minimum absolute atomic E-state index is 0.0237. The topological polar surface area (TPSA) is 96.1 Å². The summed E-state index contributed by atoms with van der Waals surface area (Å²) >= 11 is 12.8. The number of carbonyl (C=O) groups is 2. The van der Waals surface area contributed by atoms with Crippen LogP contribution >= 0.6 is 23.2 Å². The van der Waals surface area contributed by atoms with Crippen molar-refractivity contribution in [2.45, 2.75) is 38.3 Å². The second kappa shape index (κ2) is 8.09. The van der Waals surface area contributed by atoms with Crippen LogP contribution in [0, 0.1) is 18.4 Å². The van der Waals surface area contributed by atoms with Gasteiger partial charge in [0.2, 0.25) is 5.78 Å². The van der Waals surface area contributed by atoms with Crippen LogP contribution in [0.5, 0.6) is 0 Å². The summed E-state index contributed by atoms with van der Waals surface area (Å²) in [4.78, 5) is 38.0. The standard InChI is InChI=1S/C20H16Cl2N4O4/c1-2-30-10-15(18(27)11-3-4-11)19(28)13-7-8-16(21)14(17(13)22)9-25-20(29)26(24-23-25)12-5-6-12/h1,7-8,10-12H,3-6,9H2. The van der Waals surface area contributed by atoms with E-state index in [9.17, 15) is 14.4 Å². The largest absolute Gasteiger partial charge is 0.415 e. The van der Waals surface area contributed by atoms with E-state index in [1.165, 1.54) is 16.8 Å². The van der Waals surface area contributed by atoms with Crippen molar-refractivity contribution in [3.8, 4) is 12.5 Å². The van der Waals surface area contributed by atoms with Gasteiger partial charge in [0.25, 0.3) is 0 Å². The van der Waals surface area contributed by atoms with Crippen LogP contribution in [0.1, 0.15) is 47.6 Å². The number of rotatable bonds is 8. The number of halogens is 2. The van der Waals surface area contributed by atoms with Crippen molar-refractivity contribution in [2.24, 2.45) is 5.92 Å². The summed E-state index contributed by atoms with van der Waals surface area (Å²) in [7, 11) is 0. The molecule has 0 unspecified atom stereocenters. The SMILES string of the molecule is C#COC=C(C(=O)c1ccc(Cl)c(Cn2nnn(C3CC3)c2=O)c1Cl)C(=O)C1CC1. The fraction of sp³-hybridized carbons (Fsp3) is 0.350. The Kier molecular flexibility index (Phi) is 5.50. The molecule has 0 N–H and O–H groups in total. The molecule has 0 amide bonds. The lowest BCUT2D eigenvalue weighted by atomic mass is 9.97. The molecule has 2 aliphatic rings. The Morgan fingerprint density at radius 1 is 1.23 bits per heavy atom. The van der Waals surface area contributed by atoms with Gasteiger partial charge in [-0.05, 0) is 48.2 Å². The maximum absolute atomic E-state index is 13.1. The van der Waals surface area contributed by atoms with Gasteiger partial charge in [-0.3, -0.25) is 9.59 Å². The Morgan fingerprint density at radius 3 is 2.60 bits per heavy atom. The number of tetrazole rings is 1. The third-order valence-corrected chi connectivity index (χ3v) is 5.78. The van der Waals surface area contributed by atoms with Crippen molar-refractivity contribution in [3.63, 3.8) is 0 Å². The lowest BCUT2D eigenvalue weighted by molar-refractivity contribution is -0.116. The molecular weight excluding hydrogens is 431 g/mol. The van der Waals surface area contributed by atoms with Crippen LogP contribution in [0.15, 0.2) is 28.8 Å². The van der Waals surface area contributed by atoms with Gasteiger partial charge in [0.15, 0.2) is 5.78 Å². The number of nitrogens with zero attached hydrogens (tertiary/aromatic N) is 4. The third kappa shape index (κ3) is 3.91. The van der Waals surface area contributed by atoms with Gasteiger partial charge in [0, 0.05) is 22.1 Å². The predicted octanol–water partition coefficient (Wildman–Crippen LogP) is 2.78. The van der Waals surface area contributed by atoms with E-state index in [-0.39, 0.29) is 51.2 Å². The Hall–Kier alpha value is -2.89. The monoisotopic (exact) mass is 446 g/mol. The second-order valence-corrected chi connectivity index (χ2v) is 8.00. The van der Waals surface area contributed by atoms with Crippen molar-refractivity contribution in [1.82, 2.24) is 19.8 Å². The van der Waals surface area contributed by atoms with E-state index in [2.05, 4.69) is 10.4 Å². The summed E-state index contributed by atoms with van der Waals surface area (Å²) in [6.45, 7) is -0.0686. The van der Waals surface area contributed by atoms with Crippen molar-refractivity contribution in [3.05, 3.63) is 55.6 Å². The van der Waals surface area contributed by atoms with Gasteiger partial charge >= 0.3 is 5.69 Å². The molecule has 2 aliphatic carbocycles. The highest BCUT2D eigenvalue weighted by atomic mass is 35.5. The molecule has 1 heterocycles. The van der Waals surface area contributed by atoms with E-state index in [0.29, 0.717) is 18.4 Å². The fourth-order valence-corrected chi connectivity index (χ4v) is 3.60. The second-order valence-electron chi connectivity index (χ2n) is 7.22. The van der Waals surface area contributed by atoms with E-state index in [1.54, 1.807) is 0 Å². The number of ether oxygens (including phenoxy) is 1. The lowest BCUT2D eigenvalue weighted by Gasteiger charge is -2.12. The molecule has 2 fully saturated rings. The summed E-state index contributed by atoms with van der Waals surface area (Å²) in [5.41, 5.74) is -0.180. The zero-order chi connectivity index (χ0) is 21.4. The normalized spacial score (nSPS) is 16.2. The molecule has 0 spiro atoms. The Morgan fingerprint density at radius 2 is 1.97 bits per heavy atom. The van der Waals surface area contributed by atoms with Crippen molar-refractivity contribution < 1.29 is 14.3 Å². The minimum atomic E-state index is -0.626. The highest BCUT2D eigenvalue weighted by Crippen LogP contribution is 2.35. The molecule has 0 radical (unpaired) electrons. The Labute approximate surface area is 181 Å². The average Bonchev–Trinajstić information content (AvgIpc) is 3.64. The number of hydrogen-bond acceptors (Lipinski definition) is 6. The highest BCUT2D eigenvalue weighted by Gasteiger charge is 2.36. The number of benzene rings is 1. The summed E-state index contributed by atoms with van der Waals surface area (Å²) in [6.07, 6.45) is 11.1. The molecule has 10 heteroatoms. The molecule has 1 aromatic carbocycles. The van der Waals surface area contributed by atoms with Gasteiger partial charge in [0.05, 0.1) is 17.6 Å². The summed E-state index contributed by atoms with van der Waals surface area (Å²) < 4.78 is 7.22. The van der Waals surface area contributed by atoms with E-state index < -0.39 is 5.78 Å². The summed E-state index contributed by atoms with van der Waals surface area (Å²) in [5.74, 6) is -1.19. The first-order valence-electron chi connectivity index (χ1n) is 9.32. The number of terminal acetylenes is 1. The number of allylic oxidation sites excluding steroid dienone is 1. The van der Waals surface area contributed by atoms with E-state index in [4.69, 9.17) is 34.4 Å². The van der Waals surface area contributed by atoms with Crippen LogP contribution in [0.25, 0.3) is 0 Å². The van der Waals surface area contributed by atoms with Crippen molar-refractivity contribution in [1.29, 1.82) is 0 Å². The lowest BCUT2D eigenvalue weighted by Crippen LogP contribution is -2.25. The third-order valence-electron chi connectivity index (χ3n) is 5.00. The van der Waals surface area contributed by atoms with E-state index >= 15 is 0 Å². The first kappa shape index (κ1) is 20.4. The van der Waals surface area contributed by atoms with E-state index in [1.807, 2.05) is 6.11 Å². The Balaban J connectivity index is 1.68. The molecule has 4 rings (SSSR count). The molecule has 8 nitrogen and oxygen atoms in total. The van der Waals surface area contributed by atoms with Gasteiger partial charge < -0.3 is 4.74 Å². The van der Waals surface area contributed by atoms with E-state index in [0.717, 1.165) is 23.8 Å². The average molecular weight is 447 g/mol. The van der Waals surface area contributed by atoms with Crippen molar-refractivity contribution >= 4 is 34.8 Å². The first-order valence-corrected chi connectivity index (χ1v) is 10.1. The van der Waals surface area contributed by atoms with Crippen LogP contribution < -0.4 is 5.69 Å². The zero-order valence-electron chi connectivity index (χ0n) is 15.7. The molecule has 2 saturated carbocycles. The Bertz CT molecular complexity index is 1170. The van der Waals surface area contributed by atoms with Crippen molar-refractivity contribution in [2.75, 3.05) is 0 Å². The number of Topliss-reactive ketones (excluding diaryl/α,β-unsaturated/α-hetero) is 2. The molecule has 0 saturated heterocycles. The molecule has 154 valence electrons. The van der Waals surface area contributed by atoms with Crippen LogP contribution in [0.4, 0.5) is 0 Å². The molecule has 30 heavy (non-hydrogen) atoms. The molecule has 0 atom stereocenters. The van der Waals surface area contributed by atoms with Crippen LogP contribution in [0.2, 0.25) is 10.0 Å². The maximum Gasteiger partial charge on any atom is 0.364 e. The quantitative estimate of drug-likeness (QED) is 0.154. The van der Waals surface area contributed by atoms with Gasteiger partial charge in [-0.1, -0.05) is 29.6 Å². The predicted molar refractivity (Wildman–Crippen MR) is 108 cm³/mol. The smallest absolute Gasteiger partial charge is 0.364 e. The zero-order valence-corrected chi connectivity index (χ0v) is 17.2. The molecule has 1 aromatic heterocycles. The van der Waals surface area contributed by atoms with Gasteiger partial charge in [-0.15, -0.1) is 0 Å². The number of ketones is 2. The highest BCUT2D eigenvalue weighted by molar-refractivity contribution is 6.40. The van der Waals surface area contributed by atoms with Gasteiger partial charge in [-0.2, -0.15) is 9.36 Å². The molecule has 0 bridgehead atoms. The van der Waals surface area contributed by atoms with Gasteiger partial charge in [-0.25, -0.2) is 4.79 Å². The van der Waals surface area contributed by atoms with Crippen LogP contribution in [0.3, 0.4) is 0 Å². The number of hydrogen-bond donors (Lipinski definition) is 0. The maximum atomic E-state index is 13.1. The number of aromatic nitrogens is 4.